The van der Waals surface area contributed by atoms with E-state index in [1.807, 2.05) is 6.92 Å². The quantitative estimate of drug-likeness (QED) is 0.732. The molecule has 134 valence electrons. The van der Waals surface area contributed by atoms with Crippen molar-refractivity contribution in [2.24, 2.45) is 0 Å². The molecule has 0 saturated carbocycles. The third-order valence-electron chi connectivity index (χ3n) is 3.79. The van der Waals surface area contributed by atoms with Gasteiger partial charge in [-0.2, -0.15) is 0 Å². The van der Waals surface area contributed by atoms with E-state index in [1.165, 1.54) is 25.3 Å². The molecule has 1 amide bonds. The highest BCUT2D eigenvalue weighted by Gasteiger charge is 2.16. The molecule has 1 atom stereocenters. The summed E-state index contributed by atoms with van der Waals surface area (Å²) in [6.45, 7) is 3.24. The summed E-state index contributed by atoms with van der Waals surface area (Å²) in [5.41, 5.74) is 0.900. The second-order valence-corrected chi connectivity index (χ2v) is 6.51. The van der Waals surface area contributed by atoms with Crippen molar-refractivity contribution in [1.82, 2.24) is 0 Å². The van der Waals surface area contributed by atoms with Gasteiger partial charge in [-0.3, -0.25) is 4.79 Å². The number of amides is 1. The van der Waals surface area contributed by atoms with Crippen LogP contribution in [-0.4, -0.2) is 26.1 Å². The number of carbonyl (C=O) groups excluding carboxylic acids is 1. The summed E-state index contributed by atoms with van der Waals surface area (Å²) < 4.78 is 33.1. The maximum absolute atomic E-state index is 13.8. The minimum Gasteiger partial charge on any atom is -0.494 e. The summed E-state index contributed by atoms with van der Waals surface area (Å²) in [7, 11) is 1.41. The first kappa shape index (κ1) is 19.3. The van der Waals surface area contributed by atoms with E-state index in [4.69, 9.17) is 4.74 Å². The van der Waals surface area contributed by atoms with Gasteiger partial charge in [0, 0.05) is 10.0 Å². The molecular weight excluding hydrogens is 394 g/mol. The molecule has 0 aliphatic carbocycles. The molecule has 0 spiro atoms. The molecule has 0 aromatic heterocycles. The molecule has 0 aliphatic rings. The summed E-state index contributed by atoms with van der Waals surface area (Å²) in [6, 6.07) is 9.19. The third kappa shape index (κ3) is 5.51. The number of rotatable bonds is 7. The zero-order valence-corrected chi connectivity index (χ0v) is 15.6. The van der Waals surface area contributed by atoms with Gasteiger partial charge in [0.15, 0.2) is 18.1 Å². The molecule has 25 heavy (non-hydrogen) atoms. The van der Waals surface area contributed by atoms with Gasteiger partial charge in [0.1, 0.15) is 12.4 Å². The monoisotopic (exact) mass is 413 g/mol. The number of anilines is 1. The number of hydrogen-bond acceptors (Lipinski definition) is 2. The number of likely N-dealkylation sites (N-methyl/N-ethyl adjacent to an activating group) is 1. The van der Waals surface area contributed by atoms with Crippen molar-refractivity contribution in [3.05, 3.63) is 58.1 Å². The Morgan fingerprint density at radius 1 is 1.20 bits per heavy atom. The molecule has 7 heteroatoms. The third-order valence-corrected chi connectivity index (χ3v) is 4.28. The van der Waals surface area contributed by atoms with Crippen molar-refractivity contribution in [1.29, 1.82) is 0 Å². The van der Waals surface area contributed by atoms with E-state index in [-0.39, 0.29) is 23.9 Å². The van der Waals surface area contributed by atoms with Crippen LogP contribution in [0.5, 0.6) is 5.75 Å². The predicted octanol–water partition coefficient (Wildman–Crippen LogP) is 2.78. The van der Waals surface area contributed by atoms with Gasteiger partial charge in [-0.1, -0.05) is 15.9 Å². The molecule has 2 N–H and O–H groups in total. The van der Waals surface area contributed by atoms with E-state index in [9.17, 15) is 13.6 Å². The van der Waals surface area contributed by atoms with E-state index >= 15 is 0 Å². The number of carbonyl (C=O) groups is 1. The highest BCUT2D eigenvalue weighted by Crippen LogP contribution is 2.19. The molecule has 0 saturated heterocycles. The zero-order valence-electron chi connectivity index (χ0n) is 14.0. The summed E-state index contributed by atoms with van der Waals surface area (Å²) >= 11 is 3.17. The summed E-state index contributed by atoms with van der Waals surface area (Å²) in [6.07, 6.45) is 0. The number of hydrogen-bond donors (Lipinski definition) is 2. The Bertz CT molecular complexity index is 756. The Balaban J connectivity index is 1.98. The summed E-state index contributed by atoms with van der Waals surface area (Å²) in [5.74, 6) is -1.05. The summed E-state index contributed by atoms with van der Waals surface area (Å²) in [5, 5.41) is 2.57. The molecule has 0 radical (unpaired) electrons. The van der Waals surface area contributed by atoms with E-state index in [0.29, 0.717) is 17.6 Å². The first-order chi connectivity index (χ1) is 11.9. The molecule has 0 fully saturated rings. The van der Waals surface area contributed by atoms with Crippen molar-refractivity contribution < 1.29 is 23.2 Å². The zero-order chi connectivity index (χ0) is 18.4. The van der Waals surface area contributed by atoms with E-state index in [0.717, 1.165) is 10.5 Å². The van der Waals surface area contributed by atoms with Crippen LogP contribution in [0.1, 0.15) is 12.5 Å². The van der Waals surface area contributed by atoms with Gasteiger partial charge in [0.2, 0.25) is 0 Å². The van der Waals surface area contributed by atoms with Crippen molar-refractivity contribution in [3.8, 4) is 5.75 Å². The van der Waals surface area contributed by atoms with Crippen LogP contribution in [-0.2, 0) is 11.3 Å². The first-order valence-electron chi connectivity index (χ1n) is 7.83. The number of ether oxygens (including phenoxy) is 1. The van der Waals surface area contributed by atoms with Gasteiger partial charge in [0.05, 0.1) is 19.3 Å². The maximum Gasteiger partial charge on any atom is 0.279 e. The van der Waals surface area contributed by atoms with Gasteiger partial charge < -0.3 is 15.0 Å². The first-order valence-corrected chi connectivity index (χ1v) is 8.63. The van der Waals surface area contributed by atoms with Crippen molar-refractivity contribution in [2.75, 3.05) is 25.5 Å². The van der Waals surface area contributed by atoms with Crippen LogP contribution in [0.4, 0.5) is 14.5 Å². The highest BCUT2D eigenvalue weighted by molar-refractivity contribution is 9.10. The van der Waals surface area contributed by atoms with E-state index < -0.39 is 11.6 Å². The Labute approximate surface area is 153 Å². The van der Waals surface area contributed by atoms with Crippen molar-refractivity contribution in [3.63, 3.8) is 0 Å². The fourth-order valence-electron chi connectivity index (χ4n) is 2.43. The SMILES string of the molecule is CC[NH+](CC(=O)Nc1ccc(Br)cc1F)Cc1ccc(OC)c(F)c1. The van der Waals surface area contributed by atoms with Crippen LogP contribution in [0.3, 0.4) is 0 Å². The van der Waals surface area contributed by atoms with Gasteiger partial charge in [-0.25, -0.2) is 8.78 Å². The lowest BCUT2D eigenvalue weighted by Crippen LogP contribution is -3.11. The smallest absolute Gasteiger partial charge is 0.279 e. The Morgan fingerprint density at radius 2 is 1.96 bits per heavy atom. The average Bonchev–Trinajstić information content (AvgIpc) is 2.57. The number of methoxy groups -OCH3 is 1. The Kier molecular flexibility index (Phi) is 6.90. The minimum atomic E-state index is -0.502. The molecule has 2 aromatic rings. The number of halogens is 3. The average molecular weight is 414 g/mol. The topological polar surface area (TPSA) is 42.8 Å². The predicted molar refractivity (Wildman–Crippen MR) is 95.8 cm³/mol. The van der Waals surface area contributed by atoms with Gasteiger partial charge in [0.25, 0.3) is 5.91 Å². The van der Waals surface area contributed by atoms with Crippen LogP contribution in [0.2, 0.25) is 0 Å². The van der Waals surface area contributed by atoms with Crippen LogP contribution >= 0.6 is 15.9 Å². The van der Waals surface area contributed by atoms with E-state index in [1.54, 1.807) is 18.2 Å². The largest absolute Gasteiger partial charge is 0.494 e. The van der Waals surface area contributed by atoms with Crippen LogP contribution in [0, 0.1) is 11.6 Å². The fraction of sp³-hybridized carbons (Fsp3) is 0.278. The van der Waals surface area contributed by atoms with Gasteiger partial charge in [-0.15, -0.1) is 0 Å². The lowest BCUT2D eigenvalue weighted by Gasteiger charge is -2.18. The number of quaternary nitrogens is 1. The normalized spacial score (nSPS) is 11.9. The molecule has 2 aromatic carbocycles. The minimum absolute atomic E-state index is 0.138. The lowest BCUT2D eigenvalue weighted by atomic mass is 10.2. The molecular formula is C18H20BrF2N2O2+. The molecule has 0 aliphatic heterocycles. The highest BCUT2D eigenvalue weighted by atomic mass is 79.9. The van der Waals surface area contributed by atoms with Crippen molar-refractivity contribution >= 4 is 27.5 Å². The Hall–Kier alpha value is -1.99. The molecule has 1 unspecified atom stereocenters. The summed E-state index contributed by atoms with van der Waals surface area (Å²) in [4.78, 5) is 13.1. The second kappa shape index (κ2) is 8.92. The fourth-order valence-corrected chi connectivity index (χ4v) is 2.77. The molecule has 4 nitrogen and oxygen atoms in total. The molecule has 0 bridgehead atoms. The lowest BCUT2D eigenvalue weighted by molar-refractivity contribution is -0.903. The standard InChI is InChI=1S/C18H19BrF2N2O2/c1-3-23(10-12-4-7-17(25-2)15(21)8-12)11-18(24)22-16-6-5-13(19)9-14(16)20/h4-9H,3,10-11H2,1-2H3,(H,22,24)/p+1. The maximum atomic E-state index is 13.8. The van der Waals surface area contributed by atoms with Crippen LogP contribution in [0.15, 0.2) is 40.9 Å². The number of nitrogens with one attached hydrogen (secondary N) is 2. The van der Waals surface area contributed by atoms with Crippen LogP contribution < -0.4 is 15.0 Å². The number of benzene rings is 2. The molecule has 0 heterocycles. The van der Waals surface area contributed by atoms with E-state index in [2.05, 4.69) is 21.2 Å². The second-order valence-electron chi connectivity index (χ2n) is 5.60. The molecule has 2 rings (SSSR count). The van der Waals surface area contributed by atoms with Crippen LogP contribution in [0.25, 0.3) is 0 Å². The van der Waals surface area contributed by atoms with Gasteiger partial charge >= 0.3 is 0 Å². The van der Waals surface area contributed by atoms with Gasteiger partial charge in [-0.05, 0) is 43.3 Å². The Morgan fingerprint density at radius 3 is 2.56 bits per heavy atom. The van der Waals surface area contributed by atoms with Crippen molar-refractivity contribution in [2.45, 2.75) is 13.5 Å².